The summed E-state index contributed by atoms with van der Waals surface area (Å²) in [6.07, 6.45) is -0.439. The highest BCUT2D eigenvalue weighted by atomic mass is 35.5. The van der Waals surface area contributed by atoms with Gasteiger partial charge in [-0.2, -0.15) is 0 Å². The molecule has 2 atom stereocenters. The maximum atomic E-state index is 11.5. The Hall–Kier alpha value is -0.810. The number of likely N-dealkylation sites (N-methyl/N-ethyl adjacent to an activating group) is 1. The first-order chi connectivity index (χ1) is 7.61. The number of ketones is 1. The molecule has 0 aromatic carbocycles. The average Bonchev–Trinajstić information content (AvgIpc) is 2.76. The molecule has 5 nitrogen and oxygen atoms in total. The van der Waals surface area contributed by atoms with E-state index in [4.69, 9.17) is 21.1 Å². The molecule has 0 bridgehead atoms. The number of hydrogen-bond donors (Lipinski definition) is 0. The third-order valence-electron chi connectivity index (χ3n) is 2.65. The van der Waals surface area contributed by atoms with Crippen molar-refractivity contribution in [1.29, 1.82) is 0 Å². The highest BCUT2D eigenvalue weighted by molar-refractivity contribution is 6.28. The quantitative estimate of drug-likeness (QED) is 0.695. The lowest BCUT2D eigenvalue weighted by Crippen LogP contribution is -2.44. The van der Waals surface area contributed by atoms with Crippen LogP contribution in [-0.2, 0) is 14.3 Å². The summed E-state index contributed by atoms with van der Waals surface area (Å²) in [6, 6.07) is -0.273. The van der Waals surface area contributed by atoms with Crippen molar-refractivity contribution in [3.8, 4) is 0 Å². The van der Waals surface area contributed by atoms with Crippen LogP contribution in [0.1, 0.15) is 6.92 Å². The summed E-state index contributed by atoms with van der Waals surface area (Å²) >= 11 is 5.50. The Bertz CT molecular complexity index is 272. The van der Waals surface area contributed by atoms with Crippen molar-refractivity contribution in [2.24, 2.45) is 5.92 Å². The molecule has 16 heavy (non-hydrogen) atoms. The molecule has 1 fully saturated rings. The summed E-state index contributed by atoms with van der Waals surface area (Å²) in [5, 5.41) is 0. The largest absolute Gasteiger partial charge is 0.450 e. The molecule has 2 unspecified atom stereocenters. The second kappa shape index (κ2) is 6.06. The summed E-state index contributed by atoms with van der Waals surface area (Å²) in [6.45, 7) is 2.71. The van der Waals surface area contributed by atoms with E-state index in [-0.39, 0.29) is 23.6 Å². The van der Waals surface area contributed by atoms with Gasteiger partial charge in [0.25, 0.3) is 0 Å². The van der Waals surface area contributed by atoms with Crippen molar-refractivity contribution < 1.29 is 19.1 Å². The third kappa shape index (κ3) is 2.86. The van der Waals surface area contributed by atoms with Crippen LogP contribution in [0.4, 0.5) is 4.79 Å². The number of alkyl halides is 1. The molecule has 1 aliphatic heterocycles. The van der Waals surface area contributed by atoms with E-state index < -0.39 is 6.09 Å². The highest BCUT2D eigenvalue weighted by Gasteiger charge is 2.38. The van der Waals surface area contributed by atoms with Gasteiger partial charge in [-0.05, 0) is 6.92 Å². The summed E-state index contributed by atoms with van der Waals surface area (Å²) in [5.41, 5.74) is 0. The zero-order valence-corrected chi connectivity index (χ0v) is 10.2. The first-order valence-corrected chi connectivity index (χ1v) is 5.71. The second-order valence-electron chi connectivity index (χ2n) is 3.62. The van der Waals surface area contributed by atoms with Crippen LogP contribution < -0.4 is 0 Å². The number of carbonyl (C=O) groups is 2. The molecule has 1 aliphatic rings. The van der Waals surface area contributed by atoms with Crippen LogP contribution in [0, 0.1) is 5.92 Å². The summed E-state index contributed by atoms with van der Waals surface area (Å²) in [7, 11) is 1.60. The van der Waals surface area contributed by atoms with Crippen molar-refractivity contribution in [1.82, 2.24) is 4.90 Å². The van der Waals surface area contributed by atoms with Gasteiger partial charge in [0.15, 0.2) is 5.78 Å². The molecular weight excluding hydrogens is 234 g/mol. The molecule has 0 aromatic heterocycles. The number of halogens is 1. The molecule has 1 amide bonds. The molecule has 92 valence electrons. The molecule has 0 aromatic rings. The zero-order chi connectivity index (χ0) is 12.1. The normalized spacial score (nSPS) is 24.2. The number of ether oxygens (including phenoxy) is 2. The van der Waals surface area contributed by atoms with E-state index in [9.17, 15) is 9.59 Å². The SMILES string of the molecule is CCOC(=O)N(C)C1COCC1C(=O)CCl. The Balaban J connectivity index is 2.63. The smallest absolute Gasteiger partial charge is 0.409 e. The molecule has 0 radical (unpaired) electrons. The van der Waals surface area contributed by atoms with E-state index in [1.54, 1.807) is 14.0 Å². The Morgan fingerprint density at radius 2 is 2.19 bits per heavy atom. The zero-order valence-electron chi connectivity index (χ0n) is 9.44. The van der Waals surface area contributed by atoms with Gasteiger partial charge in [-0.3, -0.25) is 4.79 Å². The minimum absolute atomic E-state index is 0.0544. The Kier molecular flexibility index (Phi) is 5.02. The lowest BCUT2D eigenvalue weighted by atomic mass is 9.99. The van der Waals surface area contributed by atoms with Crippen LogP contribution in [0.25, 0.3) is 0 Å². The van der Waals surface area contributed by atoms with Gasteiger partial charge in [0.1, 0.15) is 0 Å². The summed E-state index contributed by atoms with van der Waals surface area (Å²) in [4.78, 5) is 24.4. The van der Waals surface area contributed by atoms with Crippen molar-refractivity contribution >= 4 is 23.5 Å². The van der Waals surface area contributed by atoms with Gasteiger partial charge in [-0.25, -0.2) is 4.79 Å². The first kappa shape index (κ1) is 13.3. The minimum Gasteiger partial charge on any atom is -0.450 e. The maximum Gasteiger partial charge on any atom is 0.409 e. The first-order valence-electron chi connectivity index (χ1n) is 5.17. The number of Topliss-reactive ketones (excluding diaryl/α,β-unsaturated/α-hetero) is 1. The van der Waals surface area contributed by atoms with Gasteiger partial charge >= 0.3 is 6.09 Å². The third-order valence-corrected chi connectivity index (χ3v) is 2.91. The fraction of sp³-hybridized carbons (Fsp3) is 0.800. The van der Waals surface area contributed by atoms with E-state index in [1.165, 1.54) is 4.90 Å². The fourth-order valence-electron chi connectivity index (χ4n) is 1.69. The van der Waals surface area contributed by atoms with Gasteiger partial charge < -0.3 is 14.4 Å². The number of amides is 1. The van der Waals surface area contributed by atoms with Crippen LogP contribution in [0.2, 0.25) is 0 Å². The second-order valence-corrected chi connectivity index (χ2v) is 3.89. The highest BCUT2D eigenvalue weighted by Crippen LogP contribution is 2.20. The number of nitrogens with zero attached hydrogens (tertiary/aromatic N) is 1. The summed E-state index contributed by atoms with van der Waals surface area (Å²) in [5.74, 6) is -0.492. The predicted molar refractivity (Wildman–Crippen MR) is 58.6 cm³/mol. The van der Waals surface area contributed by atoms with E-state index in [0.717, 1.165) is 0 Å². The fourth-order valence-corrected chi connectivity index (χ4v) is 1.89. The van der Waals surface area contributed by atoms with Crippen molar-refractivity contribution in [3.63, 3.8) is 0 Å². The van der Waals surface area contributed by atoms with Crippen LogP contribution in [0.15, 0.2) is 0 Å². The van der Waals surface area contributed by atoms with Gasteiger partial charge in [0.05, 0.1) is 37.7 Å². The number of rotatable bonds is 4. The van der Waals surface area contributed by atoms with E-state index >= 15 is 0 Å². The molecule has 6 heteroatoms. The molecule has 1 rings (SSSR count). The molecular formula is C10H16ClNO4. The number of hydrogen-bond acceptors (Lipinski definition) is 4. The van der Waals surface area contributed by atoms with E-state index in [2.05, 4.69) is 0 Å². The van der Waals surface area contributed by atoms with Crippen molar-refractivity contribution in [2.75, 3.05) is 32.7 Å². The Morgan fingerprint density at radius 3 is 2.75 bits per heavy atom. The van der Waals surface area contributed by atoms with E-state index in [1.807, 2.05) is 0 Å². The van der Waals surface area contributed by atoms with Gasteiger partial charge in [0, 0.05) is 7.05 Å². The average molecular weight is 250 g/mol. The van der Waals surface area contributed by atoms with Crippen LogP contribution >= 0.6 is 11.6 Å². The van der Waals surface area contributed by atoms with Crippen molar-refractivity contribution in [2.45, 2.75) is 13.0 Å². The van der Waals surface area contributed by atoms with Gasteiger partial charge in [0.2, 0.25) is 0 Å². The molecule has 0 saturated carbocycles. The molecule has 0 aliphatic carbocycles. The lowest BCUT2D eigenvalue weighted by molar-refractivity contribution is -0.121. The molecule has 1 saturated heterocycles. The molecule has 1 heterocycles. The van der Waals surface area contributed by atoms with E-state index in [0.29, 0.717) is 19.8 Å². The molecule has 0 spiro atoms. The standard InChI is InChI=1S/C10H16ClNO4/c1-3-16-10(14)12(2)8-6-15-5-7(8)9(13)4-11/h7-8H,3-6H2,1-2H3. The number of carbonyl (C=O) groups excluding carboxylic acids is 2. The lowest BCUT2D eigenvalue weighted by Gasteiger charge is -2.26. The minimum atomic E-state index is -0.439. The van der Waals surface area contributed by atoms with Crippen molar-refractivity contribution in [3.05, 3.63) is 0 Å². The Morgan fingerprint density at radius 1 is 1.50 bits per heavy atom. The maximum absolute atomic E-state index is 11.5. The monoisotopic (exact) mass is 249 g/mol. The Labute approximate surface area is 99.6 Å². The summed E-state index contributed by atoms with van der Waals surface area (Å²) < 4.78 is 10.1. The van der Waals surface area contributed by atoms with Crippen LogP contribution in [0.5, 0.6) is 0 Å². The van der Waals surface area contributed by atoms with Crippen LogP contribution in [0.3, 0.4) is 0 Å². The van der Waals surface area contributed by atoms with Gasteiger partial charge in [-0.1, -0.05) is 0 Å². The molecule has 0 N–H and O–H groups in total. The predicted octanol–water partition coefficient (Wildman–Crippen LogP) is 0.898. The van der Waals surface area contributed by atoms with Crippen LogP contribution in [-0.4, -0.2) is 55.6 Å². The topological polar surface area (TPSA) is 55.8 Å². The van der Waals surface area contributed by atoms with Gasteiger partial charge in [-0.15, -0.1) is 11.6 Å².